The highest BCUT2D eigenvalue weighted by Gasteiger charge is 2.14. The fourth-order valence-corrected chi connectivity index (χ4v) is 2.74. The van der Waals surface area contributed by atoms with Crippen LogP contribution in [0.3, 0.4) is 0 Å². The van der Waals surface area contributed by atoms with Gasteiger partial charge in [-0.1, -0.05) is 20.8 Å². The zero-order valence-corrected chi connectivity index (χ0v) is 11.0. The topological polar surface area (TPSA) is 26.0 Å². The van der Waals surface area contributed by atoms with E-state index in [1.54, 1.807) is 11.3 Å². The summed E-state index contributed by atoms with van der Waals surface area (Å²) in [6.07, 6.45) is 0. The first-order valence-corrected chi connectivity index (χ1v) is 6.69. The SMILES string of the molecule is Cc1cc(C(N)CSC(C)(C)C)cs1. The molecular formula is C11H19NS2. The number of hydrogen-bond donors (Lipinski definition) is 1. The lowest BCUT2D eigenvalue weighted by Gasteiger charge is -2.20. The van der Waals surface area contributed by atoms with Crippen LogP contribution in [0.1, 0.15) is 37.3 Å². The van der Waals surface area contributed by atoms with Crippen molar-refractivity contribution in [3.05, 3.63) is 21.9 Å². The van der Waals surface area contributed by atoms with Crippen molar-refractivity contribution in [2.75, 3.05) is 5.75 Å². The summed E-state index contributed by atoms with van der Waals surface area (Å²) in [5, 5.41) is 2.17. The third kappa shape index (κ3) is 4.03. The number of thioether (sulfide) groups is 1. The molecule has 1 unspecified atom stereocenters. The summed E-state index contributed by atoms with van der Waals surface area (Å²) >= 11 is 3.70. The van der Waals surface area contributed by atoms with E-state index in [1.807, 2.05) is 11.8 Å². The van der Waals surface area contributed by atoms with E-state index in [4.69, 9.17) is 5.73 Å². The van der Waals surface area contributed by atoms with Gasteiger partial charge in [0, 0.05) is 21.4 Å². The lowest BCUT2D eigenvalue weighted by Crippen LogP contribution is -2.17. The third-order valence-corrected chi connectivity index (χ3v) is 4.15. The van der Waals surface area contributed by atoms with E-state index in [0.29, 0.717) is 4.75 Å². The zero-order valence-electron chi connectivity index (χ0n) is 9.33. The van der Waals surface area contributed by atoms with Crippen molar-refractivity contribution in [2.45, 2.75) is 38.5 Å². The van der Waals surface area contributed by atoms with Crippen LogP contribution in [0.4, 0.5) is 0 Å². The molecular weight excluding hydrogens is 210 g/mol. The van der Waals surface area contributed by atoms with E-state index in [0.717, 1.165) is 5.75 Å². The van der Waals surface area contributed by atoms with E-state index in [2.05, 4.69) is 39.1 Å². The van der Waals surface area contributed by atoms with E-state index >= 15 is 0 Å². The Bertz CT molecular complexity index is 286. The molecule has 14 heavy (non-hydrogen) atoms. The van der Waals surface area contributed by atoms with E-state index in [-0.39, 0.29) is 6.04 Å². The molecule has 1 rings (SSSR count). The third-order valence-electron chi connectivity index (χ3n) is 1.87. The Kier molecular flexibility index (Phi) is 4.04. The lowest BCUT2D eigenvalue weighted by molar-refractivity contribution is 0.780. The standard InChI is InChI=1S/C11H19NS2/c1-8-5-9(6-13-8)10(12)7-14-11(2,3)4/h5-6,10H,7,12H2,1-4H3. The minimum Gasteiger partial charge on any atom is -0.323 e. The Morgan fingerprint density at radius 2 is 2.14 bits per heavy atom. The zero-order chi connectivity index (χ0) is 10.8. The van der Waals surface area contributed by atoms with Gasteiger partial charge in [-0.05, 0) is 23.9 Å². The molecule has 0 spiro atoms. The summed E-state index contributed by atoms with van der Waals surface area (Å²) in [7, 11) is 0. The smallest absolute Gasteiger partial charge is 0.0395 e. The normalized spacial score (nSPS) is 14.4. The largest absolute Gasteiger partial charge is 0.323 e. The van der Waals surface area contributed by atoms with Crippen molar-refractivity contribution in [3.63, 3.8) is 0 Å². The molecule has 0 aliphatic heterocycles. The average Bonchev–Trinajstić information content (AvgIpc) is 2.46. The van der Waals surface area contributed by atoms with Gasteiger partial charge < -0.3 is 5.73 Å². The predicted octanol–water partition coefficient (Wildman–Crippen LogP) is 3.59. The van der Waals surface area contributed by atoms with E-state index in [9.17, 15) is 0 Å². The summed E-state index contributed by atoms with van der Waals surface area (Å²) in [6, 6.07) is 2.38. The number of rotatable bonds is 3. The van der Waals surface area contributed by atoms with Gasteiger partial charge >= 0.3 is 0 Å². The van der Waals surface area contributed by atoms with Crippen LogP contribution in [-0.2, 0) is 0 Å². The van der Waals surface area contributed by atoms with Crippen molar-refractivity contribution >= 4 is 23.1 Å². The fourth-order valence-electron chi connectivity index (χ4n) is 1.09. The average molecular weight is 229 g/mol. The number of nitrogens with two attached hydrogens (primary N) is 1. The maximum Gasteiger partial charge on any atom is 0.0395 e. The quantitative estimate of drug-likeness (QED) is 0.857. The van der Waals surface area contributed by atoms with Crippen LogP contribution < -0.4 is 5.73 Å². The highest BCUT2D eigenvalue weighted by molar-refractivity contribution is 8.00. The Morgan fingerprint density at radius 1 is 1.50 bits per heavy atom. The highest BCUT2D eigenvalue weighted by atomic mass is 32.2. The maximum absolute atomic E-state index is 6.10. The molecule has 1 atom stereocenters. The van der Waals surface area contributed by atoms with Gasteiger partial charge in [-0.15, -0.1) is 11.3 Å². The molecule has 0 aromatic carbocycles. The first-order chi connectivity index (χ1) is 6.38. The number of hydrogen-bond acceptors (Lipinski definition) is 3. The number of aryl methyl sites for hydroxylation is 1. The summed E-state index contributed by atoms with van der Waals surface area (Å²) in [5.41, 5.74) is 7.38. The molecule has 0 saturated carbocycles. The summed E-state index contributed by atoms with van der Waals surface area (Å²) in [6.45, 7) is 8.80. The van der Waals surface area contributed by atoms with Gasteiger partial charge in [0.05, 0.1) is 0 Å². The van der Waals surface area contributed by atoms with Crippen LogP contribution in [0.5, 0.6) is 0 Å². The lowest BCUT2D eigenvalue weighted by atomic mass is 10.2. The molecule has 0 amide bonds. The Labute approximate surface area is 95.1 Å². The molecule has 3 heteroatoms. The van der Waals surface area contributed by atoms with Crippen LogP contribution in [-0.4, -0.2) is 10.5 Å². The van der Waals surface area contributed by atoms with Crippen LogP contribution in [0.15, 0.2) is 11.4 Å². The summed E-state index contributed by atoms with van der Waals surface area (Å²) < 4.78 is 0.308. The second-order valence-electron chi connectivity index (χ2n) is 4.52. The molecule has 1 nitrogen and oxygen atoms in total. The molecule has 1 aromatic rings. The molecule has 2 N–H and O–H groups in total. The molecule has 0 aliphatic carbocycles. The minimum absolute atomic E-state index is 0.184. The van der Waals surface area contributed by atoms with Gasteiger partial charge in [0.2, 0.25) is 0 Å². The molecule has 0 bridgehead atoms. The van der Waals surface area contributed by atoms with E-state index < -0.39 is 0 Å². The first-order valence-electron chi connectivity index (χ1n) is 4.83. The molecule has 80 valence electrons. The predicted molar refractivity (Wildman–Crippen MR) is 68.2 cm³/mol. The Balaban J connectivity index is 2.47. The number of thiophene rings is 1. The van der Waals surface area contributed by atoms with E-state index in [1.165, 1.54) is 10.4 Å². The second kappa shape index (κ2) is 4.69. The molecule has 0 radical (unpaired) electrons. The molecule has 0 aliphatic rings. The molecule has 0 fully saturated rings. The van der Waals surface area contributed by atoms with Gasteiger partial charge in [0.1, 0.15) is 0 Å². The minimum atomic E-state index is 0.184. The van der Waals surface area contributed by atoms with Gasteiger partial charge in [-0.25, -0.2) is 0 Å². The van der Waals surface area contributed by atoms with Gasteiger partial charge in [0.25, 0.3) is 0 Å². The van der Waals surface area contributed by atoms with Crippen LogP contribution in [0.25, 0.3) is 0 Å². The van der Waals surface area contributed by atoms with Gasteiger partial charge in [-0.3, -0.25) is 0 Å². The highest BCUT2D eigenvalue weighted by Crippen LogP contribution is 2.28. The van der Waals surface area contributed by atoms with Crippen LogP contribution in [0.2, 0.25) is 0 Å². The maximum atomic E-state index is 6.10. The second-order valence-corrected chi connectivity index (χ2v) is 7.48. The van der Waals surface area contributed by atoms with Crippen LogP contribution >= 0.6 is 23.1 Å². The van der Waals surface area contributed by atoms with Gasteiger partial charge in [0.15, 0.2) is 0 Å². The van der Waals surface area contributed by atoms with Crippen molar-refractivity contribution in [1.82, 2.24) is 0 Å². The van der Waals surface area contributed by atoms with Crippen molar-refractivity contribution < 1.29 is 0 Å². The summed E-state index contributed by atoms with van der Waals surface area (Å²) in [5.74, 6) is 1.000. The van der Waals surface area contributed by atoms with Crippen LogP contribution in [0, 0.1) is 6.92 Å². The van der Waals surface area contributed by atoms with Crippen molar-refractivity contribution in [2.24, 2.45) is 5.73 Å². The van der Waals surface area contributed by atoms with Crippen molar-refractivity contribution in [3.8, 4) is 0 Å². The fraction of sp³-hybridized carbons (Fsp3) is 0.636. The molecule has 0 saturated heterocycles. The Morgan fingerprint density at radius 3 is 2.57 bits per heavy atom. The molecule has 1 heterocycles. The Hall–Kier alpha value is 0.01000. The van der Waals surface area contributed by atoms with Gasteiger partial charge in [-0.2, -0.15) is 11.8 Å². The molecule has 1 aromatic heterocycles. The first kappa shape index (κ1) is 12.1. The summed E-state index contributed by atoms with van der Waals surface area (Å²) in [4.78, 5) is 1.34. The van der Waals surface area contributed by atoms with Crippen molar-refractivity contribution in [1.29, 1.82) is 0 Å². The monoisotopic (exact) mass is 229 g/mol.